The lowest BCUT2D eigenvalue weighted by atomic mass is 10.1. The lowest BCUT2D eigenvalue weighted by Crippen LogP contribution is -2.50. The molecule has 3 atom stereocenters. The number of hydrogen-bond donors (Lipinski definition) is 2. The highest BCUT2D eigenvalue weighted by Gasteiger charge is 2.77. The van der Waals surface area contributed by atoms with E-state index in [4.69, 9.17) is 4.74 Å². The molecule has 8 heteroatoms. The molecule has 1 amide bonds. The first-order valence-electron chi connectivity index (χ1n) is 10.5. The summed E-state index contributed by atoms with van der Waals surface area (Å²) < 4.78 is 31.8. The monoisotopic (exact) mass is 443 g/mol. The van der Waals surface area contributed by atoms with Gasteiger partial charge in [0.25, 0.3) is 0 Å². The van der Waals surface area contributed by atoms with Crippen molar-refractivity contribution in [3.05, 3.63) is 53.7 Å². The highest BCUT2D eigenvalue weighted by Crippen LogP contribution is 2.60. The first-order chi connectivity index (χ1) is 14.6. The van der Waals surface area contributed by atoms with Crippen LogP contribution in [0, 0.1) is 25.7 Å². The quantitative estimate of drug-likeness (QED) is 0.680. The Balaban J connectivity index is 1.49. The number of nitrogens with one attached hydrogen (secondary N) is 2. The Kier molecular flexibility index (Phi) is 5.34. The van der Waals surface area contributed by atoms with Crippen LogP contribution >= 0.6 is 0 Å². The van der Waals surface area contributed by atoms with Crippen molar-refractivity contribution in [1.82, 2.24) is 15.6 Å². The smallest absolute Gasteiger partial charge is 0.225 e. The maximum absolute atomic E-state index is 13.5. The van der Waals surface area contributed by atoms with Crippen LogP contribution in [-0.4, -0.2) is 49.3 Å². The highest BCUT2D eigenvalue weighted by molar-refractivity contribution is 7.93. The summed E-state index contributed by atoms with van der Waals surface area (Å²) in [5, 5.41) is 6.17. The topological polar surface area (TPSA) is 97.4 Å². The molecule has 31 heavy (non-hydrogen) atoms. The van der Waals surface area contributed by atoms with E-state index in [-0.39, 0.29) is 29.9 Å². The minimum absolute atomic E-state index is 0.226. The normalized spacial score (nSPS) is 25.0. The molecule has 2 aliphatic rings. The second-order valence-electron chi connectivity index (χ2n) is 9.28. The lowest BCUT2D eigenvalue weighted by Gasteiger charge is -2.27. The summed E-state index contributed by atoms with van der Waals surface area (Å²) in [6.45, 7) is 8.53. The Morgan fingerprint density at radius 1 is 1.29 bits per heavy atom. The van der Waals surface area contributed by atoms with Crippen molar-refractivity contribution >= 4 is 15.7 Å². The molecule has 166 valence electrons. The first kappa shape index (κ1) is 21.8. The van der Waals surface area contributed by atoms with E-state index < -0.39 is 26.0 Å². The largest absolute Gasteiger partial charge is 0.475 e. The third-order valence-electron chi connectivity index (χ3n) is 6.29. The summed E-state index contributed by atoms with van der Waals surface area (Å²) in [6, 6.07) is 10.7. The number of carbonyl (C=O) groups excluding carboxylic acids is 1. The Morgan fingerprint density at radius 2 is 2.06 bits per heavy atom. The number of pyridine rings is 1. The van der Waals surface area contributed by atoms with Gasteiger partial charge in [0.2, 0.25) is 11.8 Å². The zero-order chi connectivity index (χ0) is 22.4. The molecular formula is C23H29N3O4S. The van der Waals surface area contributed by atoms with Gasteiger partial charge in [-0.05, 0) is 51.5 Å². The van der Waals surface area contributed by atoms with Crippen LogP contribution in [0.5, 0.6) is 5.88 Å². The average molecular weight is 444 g/mol. The van der Waals surface area contributed by atoms with Gasteiger partial charge >= 0.3 is 0 Å². The molecule has 0 radical (unpaired) electrons. The molecule has 4 rings (SSSR count). The van der Waals surface area contributed by atoms with E-state index in [0.29, 0.717) is 12.4 Å². The molecule has 2 heterocycles. The van der Waals surface area contributed by atoms with Crippen molar-refractivity contribution in [3.8, 4) is 5.88 Å². The highest BCUT2D eigenvalue weighted by atomic mass is 32.2. The van der Waals surface area contributed by atoms with Crippen LogP contribution in [0.3, 0.4) is 0 Å². The fourth-order valence-electron chi connectivity index (χ4n) is 4.63. The molecule has 1 aromatic heterocycles. The number of rotatable bonds is 7. The van der Waals surface area contributed by atoms with Gasteiger partial charge in [-0.1, -0.05) is 18.2 Å². The van der Waals surface area contributed by atoms with Crippen LogP contribution in [0.2, 0.25) is 0 Å². The van der Waals surface area contributed by atoms with Crippen LogP contribution in [0.4, 0.5) is 0 Å². The molecule has 1 aliphatic heterocycles. The van der Waals surface area contributed by atoms with Crippen molar-refractivity contribution in [2.75, 3.05) is 19.7 Å². The fraction of sp³-hybridized carbons (Fsp3) is 0.478. The Morgan fingerprint density at radius 3 is 2.77 bits per heavy atom. The van der Waals surface area contributed by atoms with E-state index in [1.54, 1.807) is 24.4 Å². The molecular weight excluding hydrogens is 414 g/mol. The van der Waals surface area contributed by atoms with E-state index in [9.17, 15) is 13.2 Å². The number of amides is 1. The van der Waals surface area contributed by atoms with E-state index in [1.165, 1.54) is 0 Å². The summed E-state index contributed by atoms with van der Waals surface area (Å²) >= 11 is 0. The number of aryl methyl sites for hydroxylation is 2. The van der Waals surface area contributed by atoms with E-state index in [1.807, 2.05) is 45.9 Å². The van der Waals surface area contributed by atoms with Gasteiger partial charge in [0.05, 0.1) is 16.4 Å². The first-order valence-corrected chi connectivity index (χ1v) is 12.0. The molecule has 2 fully saturated rings. The van der Waals surface area contributed by atoms with Crippen molar-refractivity contribution in [2.45, 2.75) is 42.9 Å². The fourth-order valence-corrected chi connectivity index (χ4v) is 7.12. The van der Waals surface area contributed by atoms with E-state index in [0.717, 1.165) is 11.1 Å². The maximum Gasteiger partial charge on any atom is 0.225 e. The van der Waals surface area contributed by atoms with Gasteiger partial charge in [-0.2, -0.15) is 0 Å². The molecule has 2 aromatic rings. The lowest BCUT2D eigenvalue weighted by molar-refractivity contribution is -0.124. The summed E-state index contributed by atoms with van der Waals surface area (Å²) in [5.74, 6) is -0.521. The van der Waals surface area contributed by atoms with Crippen molar-refractivity contribution in [3.63, 3.8) is 0 Å². The van der Waals surface area contributed by atoms with Crippen LogP contribution < -0.4 is 15.4 Å². The van der Waals surface area contributed by atoms with Crippen LogP contribution in [0.25, 0.3) is 0 Å². The predicted octanol–water partition coefficient (Wildman–Crippen LogP) is 2.03. The number of benzene rings is 1. The zero-order valence-electron chi connectivity index (χ0n) is 18.3. The Bertz CT molecular complexity index is 1120. The summed E-state index contributed by atoms with van der Waals surface area (Å²) in [7, 11) is -3.66. The number of hydrogen-bond acceptors (Lipinski definition) is 6. The van der Waals surface area contributed by atoms with Gasteiger partial charge in [-0.25, -0.2) is 13.4 Å². The van der Waals surface area contributed by atoms with Gasteiger partial charge < -0.3 is 15.4 Å². The molecule has 1 aromatic carbocycles. The Hall–Kier alpha value is -2.45. The van der Waals surface area contributed by atoms with Crippen molar-refractivity contribution in [1.29, 1.82) is 0 Å². The van der Waals surface area contributed by atoms with Crippen LogP contribution in [0.15, 0.2) is 47.5 Å². The number of piperidine rings is 1. The summed E-state index contributed by atoms with van der Waals surface area (Å²) in [4.78, 5) is 17.7. The zero-order valence-corrected chi connectivity index (χ0v) is 19.1. The standard InChI is InChI=1S/C23H29N3O4S/c1-15-7-5-9-17(11-15)31(28,29)23-13-24-12-18(23)19(23)20(27)26-22(3,4)14-30-21-16(2)8-6-10-25-21/h5-11,18-19,24H,12-14H2,1-4H3,(H,26,27)/t18-,19-,23-/m1/s1. The third kappa shape index (κ3) is 3.72. The van der Waals surface area contributed by atoms with Gasteiger partial charge in [-0.3, -0.25) is 4.79 Å². The molecule has 1 saturated heterocycles. The summed E-state index contributed by atoms with van der Waals surface area (Å²) in [6.07, 6.45) is 1.66. The van der Waals surface area contributed by atoms with Gasteiger partial charge in [-0.15, -0.1) is 0 Å². The molecule has 0 unspecified atom stereocenters. The molecule has 0 bridgehead atoms. The van der Waals surface area contributed by atoms with Gasteiger partial charge in [0, 0.05) is 30.8 Å². The van der Waals surface area contributed by atoms with Gasteiger partial charge in [0.15, 0.2) is 9.84 Å². The number of sulfone groups is 1. The van der Waals surface area contributed by atoms with E-state index in [2.05, 4.69) is 15.6 Å². The van der Waals surface area contributed by atoms with Crippen molar-refractivity contribution in [2.24, 2.45) is 11.8 Å². The number of carbonyl (C=O) groups is 1. The minimum atomic E-state index is -3.66. The number of nitrogens with zero attached hydrogens (tertiary/aromatic N) is 1. The maximum atomic E-state index is 13.5. The number of aromatic nitrogens is 1. The van der Waals surface area contributed by atoms with Crippen molar-refractivity contribution < 1.29 is 17.9 Å². The van der Waals surface area contributed by atoms with Gasteiger partial charge in [0.1, 0.15) is 11.4 Å². The second-order valence-corrected chi connectivity index (χ2v) is 11.5. The minimum Gasteiger partial charge on any atom is -0.475 e. The molecule has 1 aliphatic carbocycles. The SMILES string of the molecule is Cc1cccc(S(=O)(=O)[C@]23CNC[C@@H]2[C@@H]3C(=O)NC(C)(C)COc2ncccc2C)c1. The predicted molar refractivity (Wildman–Crippen MR) is 118 cm³/mol. The number of fused-ring (bicyclic) bond motifs is 1. The number of ether oxygens (including phenoxy) is 1. The summed E-state index contributed by atoms with van der Waals surface area (Å²) in [5.41, 5.74) is 1.11. The average Bonchev–Trinajstić information content (AvgIpc) is 3.17. The second kappa shape index (κ2) is 7.60. The Labute approximate surface area is 183 Å². The van der Waals surface area contributed by atoms with Crippen LogP contribution in [0.1, 0.15) is 25.0 Å². The van der Waals surface area contributed by atoms with E-state index >= 15 is 0 Å². The molecule has 1 saturated carbocycles. The third-order valence-corrected chi connectivity index (χ3v) is 8.86. The molecule has 0 spiro atoms. The molecule has 2 N–H and O–H groups in total. The van der Waals surface area contributed by atoms with Crippen LogP contribution in [-0.2, 0) is 14.6 Å². The molecule has 7 nitrogen and oxygen atoms in total.